The van der Waals surface area contributed by atoms with E-state index in [0.717, 1.165) is 11.5 Å². The van der Waals surface area contributed by atoms with Crippen LogP contribution in [0.25, 0.3) is 0 Å². The number of rotatable bonds is 4. The highest BCUT2D eigenvalue weighted by molar-refractivity contribution is 7.08. The van der Waals surface area contributed by atoms with Crippen molar-refractivity contribution in [2.45, 2.75) is 19.8 Å². The molecule has 0 saturated carbocycles. The monoisotopic (exact) mass is 210 g/mol. The molecule has 74 valence electrons. The van der Waals surface area contributed by atoms with Crippen LogP contribution >= 0.6 is 11.5 Å². The van der Waals surface area contributed by atoms with Crippen LogP contribution in [0.4, 0.5) is 0 Å². The second-order valence-corrected chi connectivity index (χ2v) is 3.32. The number of nitrogens with zero attached hydrogens (tertiary/aromatic N) is 3. The maximum absolute atomic E-state index is 11.5. The number of carbonyl (C=O) groups excluding carboxylic acids is 1. The molecule has 0 aliphatic heterocycles. The summed E-state index contributed by atoms with van der Waals surface area (Å²) in [5, 5.41) is 14.7. The van der Waals surface area contributed by atoms with Crippen LogP contribution in [0, 0.1) is 11.3 Å². The average Bonchev–Trinajstić information content (AvgIpc) is 2.65. The third-order valence-electron chi connectivity index (χ3n) is 1.62. The number of nitrogens with one attached hydrogen (secondary N) is 1. The van der Waals surface area contributed by atoms with Gasteiger partial charge in [0.15, 0.2) is 0 Å². The normalized spacial score (nSPS) is 9.43. The van der Waals surface area contributed by atoms with Crippen molar-refractivity contribution in [2.24, 2.45) is 0 Å². The molecular formula is C8H10N4OS. The van der Waals surface area contributed by atoms with Crippen LogP contribution in [-0.2, 0) is 6.42 Å². The maximum atomic E-state index is 11.5. The van der Waals surface area contributed by atoms with E-state index < -0.39 is 0 Å². The van der Waals surface area contributed by atoms with Crippen LogP contribution in [0.15, 0.2) is 0 Å². The topological polar surface area (TPSA) is 78.7 Å². The van der Waals surface area contributed by atoms with Crippen LogP contribution in [0.2, 0.25) is 0 Å². The molecule has 0 aromatic carbocycles. The smallest absolute Gasteiger partial charge is 0.264 e. The molecule has 1 N–H and O–H groups in total. The summed E-state index contributed by atoms with van der Waals surface area (Å²) in [6.45, 7) is 2.29. The molecule has 6 heteroatoms. The average molecular weight is 210 g/mol. The summed E-state index contributed by atoms with van der Waals surface area (Å²) in [7, 11) is 0. The van der Waals surface area contributed by atoms with Gasteiger partial charge >= 0.3 is 0 Å². The number of aromatic nitrogens is 2. The van der Waals surface area contributed by atoms with E-state index in [1.165, 1.54) is 0 Å². The van der Waals surface area contributed by atoms with Gasteiger partial charge in [-0.2, -0.15) is 5.26 Å². The Labute approximate surface area is 85.9 Å². The number of carbonyl (C=O) groups is 1. The molecule has 1 amide bonds. The van der Waals surface area contributed by atoms with Crippen LogP contribution in [0.5, 0.6) is 0 Å². The largest absolute Gasteiger partial charge is 0.350 e. The lowest BCUT2D eigenvalue weighted by Crippen LogP contribution is -2.24. The highest BCUT2D eigenvalue weighted by atomic mass is 32.1. The number of amides is 1. The van der Waals surface area contributed by atoms with E-state index in [0.29, 0.717) is 30.0 Å². The van der Waals surface area contributed by atoms with E-state index in [4.69, 9.17) is 5.26 Å². The molecule has 0 aliphatic carbocycles. The summed E-state index contributed by atoms with van der Waals surface area (Å²) in [5.74, 6) is -0.188. The SMILES string of the molecule is CCc1nnsc1C(=O)NCCC#N. The van der Waals surface area contributed by atoms with Crippen molar-refractivity contribution in [1.29, 1.82) is 5.26 Å². The molecule has 1 rings (SSSR count). The Bertz CT molecular complexity index is 354. The summed E-state index contributed by atoms with van der Waals surface area (Å²) < 4.78 is 3.71. The first kappa shape index (κ1) is 10.6. The predicted molar refractivity (Wildman–Crippen MR) is 51.9 cm³/mol. The molecule has 0 atom stereocenters. The highest BCUT2D eigenvalue weighted by Crippen LogP contribution is 2.10. The summed E-state index contributed by atoms with van der Waals surface area (Å²) in [6, 6.07) is 1.95. The van der Waals surface area contributed by atoms with Gasteiger partial charge in [0.05, 0.1) is 18.2 Å². The molecule has 0 saturated heterocycles. The van der Waals surface area contributed by atoms with E-state index in [1.54, 1.807) is 0 Å². The van der Waals surface area contributed by atoms with Gasteiger partial charge in [-0.25, -0.2) is 0 Å². The molecule has 0 fully saturated rings. The molecule has 0 aliphatic rings. The van der Waals surface area contributed by atoms with Crippen molar-refractivity contribution in [2.75, 3.05) is 6.54 Å². The molecular weight excluding hydrogens is 200 g/mol. The lowest BCUT2D eigenvalue weighted by molar-refractivity contribution is 0.0957. The Balaban J connectivity index is 2.57. The van der Waals surface area contributed by atoms with Crippen molar-refractivity contribution >= 4 is 17.4 Å². The first-order valence-corrected chi connectivity index (χ1v) is 5.03. The summed E-state index contributed by atoms with van der Waals surface area (Å²) in [4.78, 5) is 12.0. The predicted octanol–water partition coefficient (Wildman–Crippen LogP) is 0.744. The third-order valence-corrected chi connectivity index (χ3v) is 2.39. The zero-order chi connectivity index (χ0) is 10.4. The molecule has 0 spiro atoms. The highest BCUT2D eigenvalue weighted by Gasteiger charge is 2.13. The van der Waals surface area contributed by atoms with Crippen molar-refractivity contribution in [3.63, 3.8) is 0 Å². The zero-order valence-electron chi connectivity index (χ0n) is 7.78. The number of hydrogen-bond acceptors (Lipinski definition) is 5. The van der Waals surface area contributed by atoms with Gasteiger partial charge in [-0.3, -0.25) is 4.79 Å². The third kappa shape index (κ3) is 2.50. The fourth-order valence-corrected chi connectivity index (χ4v) is 1.59. The minimum absolute atomic E-state index is 0.188. The van der Waals surface area contributed by atoms with Gasteiger partial charge in [0.1, 0.15) is 4.88 Å². The van der Waals surface area contributed by atoms with Gasteiger partial charge in [-0.1, -0.05) is 11.4 Å². The van der Waals surface area contributed by atoms with Gasteiger partial charge in [0, 0.05) is 6.54 Å². The Hall–Kier alpha value is -1.48. The number of hydrogen-bond donors (Lipinski definition) is 1. The van der Waals surface area contributed by atoms with Gasteiger partial charge < -0.3 is 5.32 Å². The van der Waals surface area contributed by atoms with E-state index in [9.17, 15) is 4.79 Å². The van der Waals surface area contributed by atoms with Crippen molar-refractivity contribution in [1.82, 2.24) is 14.9 Å². The molecule has 0 radical (unpaired) electrons. The number of nitriles is 1. The molecule has 1 aromatic rings. The van der Waals surface area contributed by atoms with Gasteiger partial charge in [-0.05, 0) is 18.0 Å². The summed E-state index contributed by atoms with van der Waals surface area (Å²) in [5.41, 5.74) is 0.712. The second-order valence-electron chi connectivity index (χ2n) is 2.57. The van der Waals surface area contributed by atoms with Crippen molar-refractivity contribution in [3.05, 3.63) is 10.6 Å². The van der Waals surface area contributed by atoms with Gasteiger partial charge in [0.2, 0.25) is 0 Å². The van der Waals surface area contributed by atoms with Crippen LogP contribution in [0.1, 0.15) is 28.7 Å². The first-order valence-electron chi connectivity index (χ1n) is 4.26. The summed E-state index contributed by atoms with van der Waals surface area (Å²) in [6.07, 6.45) is 1.01. The standard InChI is InChI=1S/C8H10N4OS/c1-2-6-7(14-12-11-6)8(13)10-5-3-4-9/h2-3,5H2,1H3,(H,10,13). The molecule has 0 unspecified atom stereocenters. The zero-order valence-corrected chi connectivity index (χ0v) is 8.60. The quantitative estimate of drug-likeness (QED) is 0.743. The molecule has 0 bridgehead atoms. The minimum Gasteiger partial charge on any atom is -0.350 e. The van der Waals surface area contributed by atoms with E-state index >= 15 is 0 Å². The minimum atomic E-state index is -0.188. The molecule has 14 heavy (non-hydrogen) atoms. The lowest BCUT2D eigenvalue weighted by atomic mass is 10.3. The van der Waals surface area contributed by atoms with E-state index in [-0.39, 0.29) is 5.91 Å². The van der Waals surface area contributed by atoms with Crippen LogP contribution in [0.3, 0.4) is 0 Å². The Morgan fingerprint density at radius 3 is 3.14 bits per heavy atom. The fraction of sp³-hybridized carbons (Fsp3) is 0.500. The molecule has 1 heterocycles. The Kier molecular flexibility index (Phi) is 4.01. The Morgan fingerprint density at radius 2 is 2.50 bits per heavy atom. The second kappa shape index (κ2) is 5.29. The number of aryl methyl sites for hydroxylation is 1. The van der Waals surface area contributed by atoms with Crippen LogP contribution in [-0.4, -0.2) is 22.0 Å². The molecule has 1 aromatic heterocycles. The van der Waals surface area contributed by atoms with Crippen molar-refractivity contribution < 1.29 is 4.79 Å². The van der Waals surface area contributed by atoms with Gasteiger partial charge in [-0.15, -0.1) is 5.10 Å². The van der Waals surface area contributed by atoms with E-state index in [1.807, 2.05) is 13.0 Å². The lowest BCUT2D eigenvalue weighted by Gasteiger charge is -1.99. The Morgan fingerprint density at radius 1 is 1.71 bits per heavy atom. The van der Waals surface area contributed by atoms with Crippen molar-refractivity contribution in [3.8, 4) is 6.07 Å². The van der Waals surface area contributed by atoms with E-state index in [2.05, 4.69) is 14.9 Å². The van der Waals surface area contributed by atoms with Gasteiger partial charge in [0.25, 0.3) is 5.91 Å². The first-order chi connectivity index (χ1) is 6.79. The summed E-state index contributed by atoms with van der Waals surface area (Å²) >= 11 is 1.08. The fourth-order valence-electron chi connectivity index (χ4n) is 0.925. The molecule has 5 nitrogen and oxygen atoms in total. The maximum Gasteiger partial charge on any atom is 0.264 e. The van der Waals surface area contributed by atoms with Crippen LogP contribution < -0.4 is 5.32 Å².